The summed E-state index contributed by atoms with van der Waals surface area (Å²) in [6, 6.07) is 0.996. The van der Waals surface area contributed by atoms with Gasteiger partial charge >= 0.3 is 11.9 Å². The van der Waals surface area contributed by atoms with Crippen molar-refractivity contribution in [3.05, 3.63) is 72.0 Å². The third kappa shape index (κ3) is 20.5. The van der Waals surface area contributed by atoms with E-state index in [1.165, 1.54) is 27.0 Å². The molecule has 22 heteroatoms. The monoisotopic (exact) mass is 1020 g/mol. The van der Waals surface area contributed by atoms with Gasteiger partial charge in [0.05, 0.1) is 24.0 Å². The number of nitrogens with one attached hydrogen (secondary N) is 6. The summed E-state index contributed by atoms with van der Waals surface area (Å²) >= 11 is 0. The zero-order valence-electron chi connectivity index (χ0n) is 43.7. The second-order valence-electron chi connectivity index (χ2n) is 19.3. The van der Waals surface area contributed by atoms with Gasteiger partial charge in [-0.15, -0.1) is 0 Å². The number of rotatable bonds is 16. The molecule has 0 saturated carbocycles. The Hall–Kier alpha value is -7.10. The van der Waals surface area contributed by atoms with Crippen LogP contribution in [0.5, 0.6) is 0 Å². The summed E-state index contributed by atoms with van der Waals surface area (Å²) in [5, 5.41) is 35.9. The van der Waals surface area contributed by atoms with Gasteiger partial charge in [-0.1, -0.05) is 109 Å². The van der Waals surface area contributed by atoms with Crippen LogP contribution in [0.2, 0.25) is 0 Å². The van der Waals surface area contributed by atoms with Crippen molar-refractivity contribution in [2.75, 3.05) is 20.7 Å². The average Bonchev–Trinajstić information content (AvgIpc) is 3.32. The molecular formula is C51H78N10O12. The van der Waals surface area contributed by atoms with E-state index >= 15 is 0 Å². The molecule has 12 N–H and O–H groups in total. The lowest BCUT2D eigenvalue weighted by molar-refractivity contribution is -0.146. The molecule has 1 heterocycles. The van der Waals surface area contributed by atoms with Crippen molar-refractivity contribution in [2.45, 2.75) is 136 Å². The number of aliphatic carboxylic acids is 2. The lowest BCUT2D eigenvalue weighted by Gasteiger charge is -2.29. The van der Waals surface area contributed by atoms with Gasteiger partial charge in [0.1, 0.15) is 35.9 Å². The first kappa shape index (κ1) is 62.0. The van der Waals surface area contributed by atoms with Gasteiger partial charge in [0.25, 0.3) is 5.91 Å². The first-order chi connectivity index (χ1) is 34.2. The van der Waals surface area contributed by atoms with Crippen molar-refractivity contribution in [1.82, 2.24) is 36.8 Å². The second-order valence-corrected chi connectivity index (χ2v) is 19.3. The minimum Gasteiger partial charge on any atom is -0.480 e. The summed E-state index contributed by atoms with van der Waals surface area (Å²) in [7, 11) is 2.84. The number of carbonyl (C=O) groups is 9. The van der Waals surface area contributed by atoms with Crippen molar-refractivity contribution in [3.8, 4) is 0 Å². The van der Waals surface area contributed by atoms with Crippen molar-refractivity contribution in [3.63, 3.8) is 0 Å². The highest BCUT2D eigenvalue weighted by atomic mass is 16.5. The maximum Gasteiger partial charge on any atom is 0.327 e. The van der Waals surface area contributed by atoms with Gasteiger partial charge in [0, 0.05) is 33.0 Å². The molecular weight excluding hydrogens is 945 g/mol. The fraction of sp³-hybridized carbons (Fsp3) is 0.569. The van der Waals surface area contributed by atoms with E-state index in [1.807, 2.05) is 43.3 Å². The van der Waals surface area contributed by atoms with E-state index in [9.17, 15) is 53.4 Å². The number of carboxylic acids is 2. The predicted molar refractivity (Wildman–Crippen MR) is 274 cm³/mol. The van der Waals surface area contributed by atoms with E-state index in [-0.39, 0.29) is 49.7 Å². The number of carboxylic acid groups (broad SMARTS) is 2. The molecule has 1 aromatic rings. The van der Waals surface area contributed by atoms with Crippen LogP contribution < -0.4 is 43.4 Å². The Morgan fingerprint density at radius 1 is 0.836 bits per heavy atom. The van der Waals surface area contributed by atoms with Gasteiger partial charge in [0.2, 0.25) is 35.4 Å². The summed E-state index contributed by atoms with van der Waals surface area (Å²) in [6.07, 6.45) is 4.64. The van der Waals surface area contributed by atoms with Crippen molar-refractivity contribution >= 4 is 59.2 Å². The number of aliphatic imine (C=N–C) groups is 1. The number of hydrogen-bond acceptors (Lipinski definition) is 11. The summed E-state index contributed by atoms with van der Waals surface area (Å²) in [6.45, 7) is 16.9. The quantitative estimate of drug-likeness (QED) is 0.0367. The molecule has 73 heavy (non-hydrogen) atoms. The molecule has 0 radical (unpaired) electrons. The highest BCUT2D eigenvalue weighted by Crippen LogP contribution is 2.19. The fourth-order valence-corrected chi connectivity index (χ4v) is 7.84. The highest BCUT2D eigenvalue weighted by Gasteiger charge is 2.38. The Kier molecular flexibility index (Phi) is 25.5. The zero-order valence-corrected chi connectivity index (χ0v) is 43.7. The number of amides is 7. The van der Waals surface area contributed by atoms with Crippen LogP contribution in [0, 0.1) is 29.6 Å². The number of benzene rings is 1. The van der Waals surface area contributed by atoms with Crippen LogP contribution in [0.1, 0.15) is 93.1 Å². The summed E-state index contributed by atoms with van der Waals surface area (Å²) in [4.78, 5) is 127. The Labute approximate surface area is 428 Å². The second kappa shape index (κ2) is 30.1. The number of hydrogen-bond donors (Lipinski definition) is 10. The summed E-state index contributed by atoms with van der Waals surface area (Å²) in [5.41, 5.74) is 12.4. The predicted octanol–water partition coefficient (Wildman–Crippen LogP) is 1.25. The minimum absolute atomic E-state index is 0.00421. The summed E-state index contributed by atoms with van der Waals surface area (Å²) < 4.78 is 5.82. The van der Waals surface area contributed by atoms with Gasteiger partial charge in [-0.2, -0.15) is 0 Å². The Bertz CT molecular complexity index is 2210. The number of likely N-dealkylation sites (N-methyl/N-ethyl adjacent to an activating group) is 1. The van der Waals surface area contributed by atoms with Crippen molar-refractivity contribution < 1.29 is 58.1 Å². The molecule has 0 bridgehead atoms. The van der Waals surface area contributed by atoms with E-state index in [4.69, 9.17) is 16.2 Å². The number of allylic oxidation sites excluding steroid dienone is 2. The van der Waals surface area contributed by atoms with Crippen LogP contribution in [0.25, 0.3) is 0 Å². The normalized spacial score (nSPS) is 25.0. The van der Waals surface area contributed by atoms with Crippen LogP contribution >= 0.6 is 0 Å². The van der Waals surface area contributed by atoms with Crippen LogP contribution in [-0.2, 0) is 54.3 Å². The van der Waals surface area contributed by atoms with E-state index in [0.717, 1.165) is 10.5 Å². The van der Waals surface area contributed by atoms with Crippen molar-refractivity contribution in [2.24, 2.45) is 46.0 Å². The minimum atomic E-state index is -1.89. The average molecular weight is 1020 g/mol. The number of nitrogens with zero attached hydrogens (tertiary/aromatic N) is 2. The highest BCUT2D eigenvalue weighted by molar-refractivity contribution is 6.00. The molecule has 10 unspecified atom stereocenters. The topological polar surface area (TPSA) is 343 Å². The van der Waals surface area contributed by atoms with E-state index < -0.39 is 126 Å². The molecule has 1 aliphatic heterocycles. The van der Waals surface area contributed by atoms with Crippen LogP contribution in [0.15, 0.2) is 71.4 Å². The molecule has 22 nitrogen and oxygen atoms in total. The SMILES string of the molecule is C=C1C(=O)NC(C(C)C)C(=O)NC(CC(C)C)C(=O)NC(C(=O)O)C(C)C(=O)NC(CCCN=C(N)N)C(=O)NC(C=CC(C)=CC(C)C(Cc2ccccc2)OC)C(C)C(=O)NC(C(=O)O)CCC(=O)N1C. The Morgan fingerprint density at radius 3 is 2.00 bits per heavy atom. The molecule has 1 fully saturated rings. The van der Waals surface area contributed by atoms with Gasteiger partial charge in [-0.3, -0.25) is 38.6 Å². The Balaban J connectivity index is 2.77. The molecule has 10 atom stereocenters. The number of nitrogens with two attached hydrogens (primary N) is 2. The third-order valence-electron chi connectivity index (χ3n) is 12.5. The fourth-order valence-electron chi connectivity index (χ4n) is 7.84. The van der Waals surface area contributed by atoms with Crippen LogP contribution in [0.4, 0.5) is 0 Å². The molecule has 1 saturated heterocycles. The molecule has 0 aromatic heterocycles. The zero-order chi connectivity index (χ0) is 55.3. The lowest BCUT2D eigenvalue weighted by atomic mass is 9.94. The molecule has 1 aromatic carbocycles. The first-order valence-electron chi connectivity index (χ1n) is 24.4. The molecule has 404 valence electrons. The summed E-state index contributed by atoms with van der Waals surface area (Å²) in [5.74, 6) is -13.1. The first-order valence-corrected chi connectivity index (χ1v) is 24.4. The van der Waals surface area contributed by atoms with E-state index in [0.29, 0.717) is 12.0 Å². The number of methoxy groups -OCH3 is 1. The number of ether oxygens (including phenoxy) is 1. The number of guanidine groups is 1. The van der Waals surface area contributed by atoms with E-state index in [2.05, 4.69) is 43.5 Å². The Morgan fingerprint density at radius 2 is 1.44 bits per heavy atom. The van der Waals surface area contributed by atoms with Gasteiger partial charge in [-0.05, 0) is 56.4 Å². The third-order valence-corrected chi connectivity index (χ3v) is 12.5. The largest absolute Gasteiger partial charge is 0.480 e. The maximum absolute atomic E-state index is 14.4. The van der Waals surface area contributed by atoms with Crippen LogP contribution in [-0.4, -0.2) is 137 Å². The van der Waals surface area contributed by atoms with Gasteiger partial charge in [0.15, 0.2) is 5.96 Å². The molecule has 2 rings (SSSR count). The number of carbonyl (C=O) groups excluding carboxylic acids is 7. The van der Waals surface area contributed by atoms with Gasteiger partial charge < -0.3 is 63.2 Å². The standard InChI is InChI=1S/C51H78N10O12/c1-27(2)24-38-47(67)60-42(50(71)72)32(8)44(64)56-36(18-15-23-54-51(52)53)46(66)55-35(20-19-29(5)25-30(6)39(73-11)26-34-16-13-12-14-17-34)31(7)43(63)57-37(49(69)70)21-22-40(62)61(10)33(9)45(65)59-41(28(3)4)48(68)58-38/h12-14,16-17,19-20,25,27-28,30-32,35-39,41-42H,9,15,18,21-24,26H2,1-8,10-11H3,(H,55,66)(H,56,64)(H,57,63)(H,58,68)(H,59,65)(H,60,67)(H,69,70)(H,71,72)(H4,52,53,54). The molecule has 0 aliphatic carbocycles. The smallest absolute Gasteiger partial charge is 0.327 e. The van der Waals surface area contributed by atoms with Crippen LogP contribution in [0.3, 0.4) is 0 Å². The molecule has 1 aliphatic rings. The van der Waals surface area contributed by atoms with Gasteiger partial charge in [-0.25, -0.2) is 9.59 Å². The maximum atomic E-state index is 14.4. The molecule has 7 amide bonds. The lowest BCUT2D eigenvalue weighted by Crippen LogP contribution is -2.59. The molecule has 0 spiro atoms. The van der Waals surface area contributed by atoms with E-state index in [1.54, 1.807) is 47.8 Å². The van der Waals surface area contributed by atoms with Crippen molar-refractivity contribution in [1.29, 1.82) is 0 Å².